The molecule has 1 amide bonds. The highest BCUT2D eigenvalue weighted by molar-refractivity contribution is 14.1. The van der Waals surface area contributed by atoms with Crippen LogP contribution in [0.1, 0.15) is 10.6 Å². The molecule has 3 aromatic rings. The largest absolute Gasteiger partial charge is 0.342 e. The predicted octanol–water partition coefficient (Wildman–Crippen LogP) is 2.16. The van der Waals surface area contributed by atoms with E-state index in [1.54, 1.807) is 14.1 Å². The maximum atomic E-state index is 12.0. The summed E-state index contributed by atoms with van der Waals surface area (Å²) in [6.45, 7) is 0. The van der Waals surface area contributed by atoms with E-state index in [2.05, 4.69) is 37.9 Å². The molecule has 0 aliphatic heterocycles. The summed E-state index contributed by atoms with van der Waals surface area (Å²) in [7, 11) is 3.35. The van der Waals surface area contributed by atoms with Crippen molar-refractivity contribution in [2.45, 2.75) is 0 Å². The first kappa shape index (κ1) is 13.4. The average Bonchev–Trinajstić information content (AvgIpc) is 2.97. The second kappa shape index (κ2) is 5.09. The van der Waals surface area contributed by atoms with E-state index in [1.165, 1.54) is 20.8 Å². The van der Waals surface area contributed by atoms with E-state index in [1.807, 2.05) is 24.3 Å². The lowest BCUT2D eigenvalue weighted by Gasteiger charge is -2.06. The fraction of sp³-hybridized carbons (Fsp3) is 0.167. The Morgan fingerprint density at radius 2 is 2.15 bits per heavy atom. The molecule has 0 bridgehead atoms. The summed E-state index contributed by atoms with van der Waals surface area (Å²) >= 11 is 3.67. The van der Waals surface area contributed by atoms with Gasteiger partial charge >= 0.3 is 0 Å². The molecule has 8 heteroatoms. The zero-order valence-corrected chi connectivity index (χ0v) is 13.7. The summed E-state index contributed by atoms with van der Waals surface area (Å²) in [5.41, 5.74) is 1.01. The highest BCUT2D eigenvalue weighted by Gasteiger charge is 2.19. The van der Waals surface area contributed by atoms with Crippen molar-refractivity contribution in [1.82, 2.24) is 24.7 Å². The van der Waals surface area contributed by atoms with Crippen LogP contribution in [0.2, 0.25) is 0 Å². The smallest absolute Gasteiger partial charge is 0.293 e. The van der Waals surface area contributed by atoms with Crippen molar-refractivity contribution in [2.24, 2.45) is 0 Å². The van der Waals surface area contributed by atoms with Crippen LogP contribution in [0.4, 0.5) is 0 Å². The molecule has 0 N–H and O–H groups in total. The Labute approximate surface area is 132 Å². The van der Waals surface area contributed by atoms with Crippen molar-refractivity contribution >= 4 is 44.8 Å². The number of aromatic nitrogens is 4. The molecule has 0 fully saturated rings. The molecular weight excluding hydrogens is 389 g/mol. The van der Waals surface area contributed by atoms with Crippen LogP contribution in [0.15, 0.2) is 24.3 Å². The number of carbonyl (C=O) groups excluding carboxylic acids is 1. The summed E-state index contributed by atoms with van der Waals surface area (Å²) < 4.78 is 2.64. The number of halogens is 1. The molecule has 0 radical (unpaired) electrons. The molecule has 0 spiro atoms. The highest BCUT2D eigenvalue weighted by atomic mass is 127. The number of hydrogen-bond donors (Lipinski definition) is 0. The molecule has 20 heavy (non-hydrogen) atoms. The predicted molar refractivity (Wildman–Crippen MR) is 84.8 cm³/mol. The van der Waals surface area contributed by atoms with Gasteiger partial charge in [-0.15, -0.1) is 10.2 Å². The van der Waals surface area contributed by atoms with Crippen molar-refractivity contribution in [2.75, 3.05) is 14.1 Å². The number of benzene rings is 1. The molecule has 0 saturated heterocycles. The van der Waals surface area contributed by atoms with Gasteiger partial charge in [0.25, 0.3) is 5.91 Å². The fourth-order valence-electron chi connectivity index (χ4n) is 1.69. The topological polar surface area (TPSA) is 63.4 Å². The number of carbonyl (C=O) groups is 1. The monoisotopic (exact) mass is 399 g/mol. The Morgan fingerprint density at radius 1 is 1.35 bits per heavy atom. The molecule has 0 saturated carbocycles. The number of rotatable bonds is 2. The van der Waals surface area contributed by atoms with Gasteiger partial charge in [-0.3, -0.25) is 4.79 Å². The van der Waals surface area contributed by atoms with E-state index < -0.39 is 0 Å². The molecule has 3 rings (SSSR count). The van der Waals surface area contributed by atoms with Gasteiger partial charge in [0.1, 0.15) is 5.01 Å². The third-order valence-electron chi connectivity index (χ3n) is 2.66. The molecule has 1 aromatic carbocycles. The van der Waals surface area contributed by atoms with Crippen LogP contribution in [0, 0.1) is 3.57 Å². The van der Waals surface area contributed by atoms with Gasteiger partial charge < -0.3 is 4.90 Å². The minimum Gasteiger partial charge on any atom is -0.342 e. The van der Waals surface area contributed by atoms with E-state index in [-0.39, 0.29) is 11.7 Å². The van der Waals surface area contributed by atoms with Crippen molar-refractivity contribution in [3.63, 3.8) is 0 Å². The first-order valence-electron chi connectivity index (χ1n) is 5.76. The van der Waals surface area contributed by atoms with Gasteiger partial charge in [0.2, 0.25) is 10.8 Å². The lowest BCUT2D eigenvalue weighted by Crippen LogP contribution is -2.24. The Balaban J connectivity index is 2.10. The molecule has 2 heterocycles. The van der Waals surface area contributed by atoms with Crippen LogP contribution in [0.3, 0.4) is 0 Å². The van der Waals surface area contributed by atoms with Gasteiger partial charge in [-0.25, -0.2) is 0 Å². The lowest BCUT2D eigenvalue weighted by molar-refractivity contribution is 0.0813. The van der Waals surface area contributed by atoms with Gasteiger partial charge in [-0.2, -0.15) is 9.61 Å². The molecule has 2 aromatic heterocycles. The SMILES string of the molecule is CN(C)C(=O)c1nnc2sc(-c3cccc(I)c3)nn12. The van der Waals surface area contributed by atoms with Gasteiger partial charge in [0.15, 0.2) is 0 Å². The van der Waals surface area contributed by atoms with Gasteiger partial charge in [-0.1, -0.05) is 23.5 Å². The minimum atomic E-state index is -0.211. The molecule has 0 aliphatic rings. The number of fused-ring (bicyclic) bond motifs is 1. The van der Waals surface area contributed by atoms with Crippen LogP contribution in [-0.4, -0.2) is 44.7 Å². The van der Waals surface area contributed by atoms with Gasteiger partial charge in [0, 0.05) is 23.2 Å². The summed E-state index contributed by atoms with van der Waals surface area (Å²) in [5.74, 6) is 0.0233. The summed E-state index contributed by atoms with van der Waals surface area (Å²) in [6, 6.07) is 8.03. The zero-order valence-electron chi connectivity index (χ0n) is 10.7. The van der Waals surface area contributed by atoms with E-state index in [4.69, 9.17) is 0 Å². The van der Waals surface area contributed by atoms with E-state index in [0.717, 1.165) is 14.1 Å². The lowest BCUT2D eigenvalue weighted by atomic mass is 10.2. The molecule has 0 unspecified atom stereocenters. The van der Waals surface area contributed by atoms with Crippen LogP contribution in [0.25, 0.3) is 15.5 Å². The quantitative estimate of drug-likeness (QED) is 0.620. The molecular formula is C12H10IN5OS. The van der Waals surface area contributed by atoms with E-state index >= 15 is 0 Å². The average molecular weight is 399 g/mol. The zero-order chi connectivity index (χ0) is 14.3. The van der Waals surface area contributed by atoms with Gasteiger partial charge in [0.05, 0.1) is 0 Å². The second-order valence-corrected chi connectivity index (χ2v) is 6.54. The molecule has 6 nitrogen and oxygen atoms in total. The van der Waals surface area contributed by atoms with E-state index in [9.17, 15) is 4.79 Å². The maximum Gasteiger partial charge on any atom is 0.293 e. The summed E-state index contributed by atoms with van der Waals surface area (Å²) in [5, 5.41) is 13.2. The maximum absolute atomic E-state index is 12.0. The molecule has 0 atom stereocenters. The number of hydrogen-bond acceptors (Lipinski definition) is 5. The number of nitrogens with zero attached hydrogens (tertiary/aromatic N) is 5. The minimum absolute atomic E-state index is 0.211. The Hall–Kier alpha value is -1.55. The third-order valence-corrected chi connectivity index (χ3v) is 4.28. The third kappa shape index (κ3) is 2.29. The van der Waals surface area contributed by atoms with Crippen LogP contribution in [0.5, 0.6) is 0 Å². The first-order chi connectivity index (χ1) is 9.56. The Kier molecular flexibility index (Phi) is 3.42. The number of amides is 1. The van der Waals surface area contributed by atoms with Gasteiger partial charge in [-0.05, 0) is 34.7 Å². The van der Waals surface area contributed by atoms with Crippen molar-refractivity contribution in [3.05, 3.63) is 33.7 Å². The summed E-state index contributed by atoms with van der Waals surface area (Å²) in [4.78, 5) is 14.1. The summed E-state index contributed by atoms with van der Waals surface area (Å²) in [6.07, 6.45) is 0. The highest BCUT2D eigenvalue weighted by Crippen LogP contribution is 2.26. The van der Waals surface area contributed by atoms with Crippen LogP contribution in [-0.2, 0) is 0 Å². The first-order valence-corrected chi connectivity index (χ1v) is 7.65. The van der Waals surface area contributed by atoms with Crippen molar-refractivity contribution in [1.29, 1.82) is 0 Å². The second-order valence-electron chi connectivity index (χ2n) is 4.34. The Bertz CT molecular complexity index is 794. The van der Waals surface area contributed by atoms with Crippen molar-refractivity contribution in [3.8, 4) is 10.6 Å². The van der Waals surface area contributed by atoms with E-state index in [0.29, 0.717) is 4.96 Å². The Morgan fingerprint density at radius 3 is 2.85 bits per heavy atom. The van der Waals surface area contributed by atoms with Crippen LogP contribution < -0.4 is 0 Å². The standard InChI is InChI=1S/C12H10IN5OS/c1-17(2)11(19)9-14-15-12-18(9)16-10(20-12)7-4-3-5-8(13)6-7/h3-6H,1-2H3. The molecule has 102 valence electrons. The molecule has 0 aliphatic carbocycles. The van der Waals surface area contributed by atoms with Crippen LogP contribution >= 0.6 is 33.9 Å². The fourth-order valence-corrected chi connectivity index (χ4v) is 3.07. The van der Waals surface area contributed by atoms with Crippen molar-refractivity contribution < 1.29 is 4.79 Å². The normalized spacial score (nSPS) is 10.9.